The van der Waals surface area contributed by atoms with Gasteiger partial charge >= 0.3 is 26.2 Å². The Bertz CT molecular complexity index is 745. The van der Waals surface area contributed by atoms with Crippen LogP contribution >= 0.6 is 0 Å². The van der Waals surface area contributed by atoms with Crippen LogP contribution in [0.5, 0.6) is 0 Å². The van der Waals surface area contributed by atoms with Gasteiger partial charge in [0.1, 0.15) is 0 Å². The minimum atomic E-state index is 0. The van der Waals surface area contributed by atoms with Crippen LogP contribution < -0.4 is 24.8 Å². The Morgan fingerprint density at radius 1 is 1.05 bits per heavy atom. The third-order valence-corrected chi connectivity index (χ3v) is 4.12. The van der Waals surface area contributed by atoms with Gasteiger partial charge in [-0.15, -0.1) is 40.5 Å². The van der Waals surface area contributed by atoms with Gasteiger partial charge in [-0.05, 0) is 18.4 Å². The van der Waals surface area contributed by atoms with Gasteiger partial charge in [0.2, 0.25) is 0 Å². The summed E-state index contributed by atoms with van der Waals surface area (Å²) < 4.78 is 0. The molecule has 0 saturated heterocycles. The van der Waals surface area contributed by atoms with Crippen LogP contribution in [0.1, 0.15) is 28.7 Å². The molecule has 0 N–H and O–H groups in total. The fourth-order valence-corrected chi connectivity index (χ4v) is 3.17. The molecule has 0 bridgehead atoms. The SMILES string of the molecule is Cc1cc2c([c-]c1C1=CC=CC1)Cc1ccccc1-2.[Cl-].[Cl-].[Zr+3]. The van der Waals surface area contributed by atoms with Gasteiger partial charge in [0.25, 0.3) is 0 Å². The van der Waals surface area contributed by atoms with E-state index in [1.807, 2.05) is 0 Å². The number of rotatable bonds is 1. The van der Waals surface area contributed by atoms with E-state index >= 15 is 0 Å². The van der Waals surface area contributed by atoms with Crippen LogP contribution in [0.2, 0.25) is 0 Å². The van der Waals surface area contributed by atoms with Crippen LogP contribution in [0.3, 0.4) is 0 Å². The van der Waals surface area contributed by atoms with E-state index in [0.717, 1.165) is 12.8 Å². The van der Waals surface area contributed by atoms with E-state index in [1.165, 1.54) is 39.0 Å². The molecule has 0 unspecified atom stereocenters. The second-order valence-electron chi connectivity index (χ2n) is 5.38. The summed E-state index contributed by atoms with van der Waals surface area (Å²) in [5.41, 5.74) is 9.60. The van der Waals surface area contributed by atoms with E-state index in [0.29, 0.717) is 0 Å². The van der Waals surface area contributed by atoms with Gasteiger partial charge in [0, 0.05) is 0 Å². The Morgan fingerprint density at radius 2 is 1.82 bits per heavy atom. The molecule has 2 aliphatic carbocycles. The zero-order chi connectivity index (χ0) is 12.8. The van der Waals surface area contributed by atoms with E-state index in [4.69, 9.17) is 0 Å². The molecule has 1 radical (unpaired) electrons. The van der Waals surface area contributed by atoms with Gasteiger partial charge in [-0.25, -0.2) is 0 Å². The molecule has 0 fully saturated rings. The molecule has 4 rings (SSSR count). The van der Waals surface area contributed by atoms with Crippen LogP contribution in [-0.4, -0.2) is 0 Å². The Balaban J connectivity index is 0.000000807. The first-order valence-corrected chi connectivity index (χ1v) is 6.83. The molecule has 0 nitrogen and oxygen atoms in total. The molecular formula is C19H15Cl2Zr. The summed E-state index contributed by atoms with van der Waals surface area (Å²) in [5, 5.41) is 0. The van der Waals surface area contributed by atoms with Crippen LogP contribution in [0.4, 0.5) is 0 Å². The first-order valence-electron chi connectivity index (χ1n) is 6.83. The van der Waals surface area contributed by atoms with Crippen molar-refractivity contribution in [1.29, 1.82) is 0 Å². The zero-order valence-corrected chi connectivity index (χ0v) is 16.3. The molecule has 0 aromatic heterocycles. The average molecular weight is 405 g/mol. The fraction of sp³-hybridized carbons (Fsp3) is 0.158. The quantitative estimate of drug-likeness (QED) is 0.443. The van der Waals surface area contributed by atoms with Gasteiger partial charge in [-0.1, -0.05) is 54.5 Å². The molecule has 2 aliphatic rings. The van der Waals surface area contributed by atoms with Crippen molar-refractivity contribution in [1.82, 2.24) is 0 Å². The van der Waals surface area contributed by atoms with E-state index < -0.39 is 0 Å². The average Bonchev–Trinajstić information content (AvgIpc) is 3.04. The first-order chi connectivity index (χ1) is 9.33. The number of halogens is 2. The summed E-state index contributed by atoms with van der Waals surface area (Å²) in [4.78, 5) is 0. The van der Waals surface area contributed by atoms with Crippen molar-refractivity contribution < 1.29 is 51.0 Å². The Hall–Kier alpha value is -0.617. The Morgan fingerprint density at radius 3 is 2.55 bits per heavy atom. The number of fused-ring (bicyclic) bond motifs is 3. The third-order valence-electron chi connectivity index (χ3n) is 4.12. The Labute approximate surface area is 163 Å². The fourth-order valence-electron chi connectivity index (χ4n) is 3.17. The number of benzene rings is 2. The third kappa shape index (κ3) is 3.18. The standard InChI is InChI=1S/C19H15.2ClH.Zr/c1-13-10-19-16(11-15-8-4-5-9-17(15)19)12-18(13)14-6-2-3-7-14;;;/h2-6,8-10H,7,11H2,1H3;2*1H;/q-1;;;+3/p-2. The molecule has 0 heterocycles. The maximum Gasteiger partial charge on any atom is 3.00 e. The number of allylic oxidation sites excluding steroid dienone is 4. The summed E-state index contributed by atoms with van der Waals surface area (Å²) >= 11 is 0. The van der Waals surface area contributed by atoms with Crippen LogP contribution in [0.15, 0.2) is 48.6 Å². The Kier molecular flexibility index (Phi) is 6.87. The predicted molar refractivity (Wildman–Crippen MR) is 80.0 cm³/mol. The van der Waals surface area contributed by atoms with E-state index in [9.17, 15) is 0 Å². The van der Waals surface area contributed by atoms with E-state index in [2.05, 4.69) is 61.5 Å². The van der Waals surface area contributed by atoms with Crippen molar-refractivity contribution in [3.05, 3.63) is 76.9 Å². The van der Waals surface area contributed by atoms with Crippen molar-refractivity contribution in [2.24, 2.45) is 0 Å². The number of hydrogen-bond acceptors (Lipinski definition) is 0. The largest absolute Gasteiger partial charge is 3.00 e. The first kappa shape index (κ1) is 19.4. The van der Waals surface area contributed by atoms with Crippen LogP contribution in [0.25, 0.3) is 16.7 Å². The van der Waals surface area contributed by atoms with Gasteiger partial charge in [-0.2, -0.15) is 0 Å². The maximum atomic E-state index is 3.67. The number of hydrogen-bond donors (Lipinski definition) is 0. The molecule has 22 heavy (non-hydrogen) atoms. The molecule has 3 heteroatoms. The van der Waals surface area contributed by atoms with Crippen molar-refractivity contribution in [3.63, 3.8) is 0 Å². The topological polar surface area (TPSA) is 0 Å². The summed E-state index contributed by atoms with van der Waals surface area (Å²) in [6.07, 6.45) is 8.64. The van der Waals surface area contributed by atoms with Crippen LogP contribution in [-0.2, 0) is 32.6 Å². The molecule has 0 spiro atoms. The minimum absolute atomic E-state index is 0. The van der Waals surface area contributed by atoms with Crippen molar-refractivity contribution in [2.75, 3.05) is 0 Å². The summed E-state index contributed by atoms with van der Waals surface area (Å²) in [6, 6.07) is 14.7. The monoisotopic (exact) mass is 403 g/mol. The van der Waals surface area contributed by atoms with Gasteiger partial charge < -0.3 is 24.8 Å². The predicted octanol–water partition coefficient (Wildman–Crippen LogP) is -1.28. The maximum absolute atomic E-state index is 3.67. The summed E-state index contributed by atoms with van der Waals surface area (Å²) in [5.74, 6) is 0. The molecule has 0 amide bonds. The van der Waals surface area contributed by atoms with Crippen LogP contribution in [0, 0.1) is 13.0 Å². The molecule has 2 aromatic rings. The van der Waals surface area contributed by atoms with Crippen molar-refractivity contribution in [2.45, 2.75) is 19.8 Å². The van der Waals surface area contributed by atoms with E-state index in [1.54, 1.807) is 0 Å². The van der Waals surface area contributed by atoms with Gasteiger partial charge in [-0.3, -0.25) is 0 Å². The smallest absolute Gasteiger partial charge is 1.00 e. The number of aryl methyl sites for hydroxylation is 1. The second-order valence-corrected chi connectivity index (χ2v) is 5.38. The van der Waals surface area contributed by atoms with Gasteiger partial charge in [0.05, 0.1) is 0 Å². The van der Waals surface area contributed by atoms with E-state index in [-0.39, 0.29) is 51.0 Å². The molecule has 0 atom stereocenters. The summed E-state index contributed by atoms with van der Waals surface area (Å²) in [7, 11) is 0. The second kappa shape index (κ2) is 7.78. The molecule has 0 aliphatic heterocycles. The molecule has 109 valence electrons. The minimum Gasteiger partial charge on any atom is -1.00 e. The molecule has 0 saturated carbocycles. The van der Waals surface area contributed by atoms with Crippen molar-refractivity contribution >= 4 is 5.57 Å². The van der Waals surface area contributed by atoms with Gasteiger partial charge in [0.15, 0.2) is 0 Å². The zero-order valence-electron chi connectivity index (χ0n) is 12.3. The molecule has 2 aromatic carbocycles. The van der Waals surface area contributed by atoms with Crippen molar-refractivity contribution in [3.8, 4) is 11.1 Å². The summed E-state index contributed by atoms with van der Waals surface area (Å²) in [6.45, 7) is 2.20. The normalized spacial score (nSPS) is 13.2. The molecular weight excluding hydrogens is 390 g/mol.